The van der Waals surface area contributed by atoms with E-state index in [2.05, 4.69) is 15.0 Å². The molecule has 16 heavy (non-hydrogen) atoms. The molecule has 0 spiro atoms. The van der Waals surface area contributed by atoms with Gasteiger partial charge in [-0.1, -0.05) is 13.8 Å². The Balaban J connectivity index is 3.13. The van der Waals surface area contributed by atoms with E-state index in [9.17, 15) is 0 Å². The number of hydrogen-bond acceptors (Lipinski definition) is 4. The van der Waals surface area contributed by atoms with Gasteiger partial charge in [0.25, 0.3) is 0 Å². The SMILES string of the molecule is CC(C)c1ncc(C#N)c(N=CN(C)C)n1. The van der Waals surface area contributed by atoms with Crippen molar-refractivity contribution < 1.29 is 0 Å². The average molecular weight is 217 g/mol. The van der Waals surface area contributed by atoms with Crippen molar-refractivity contribution in [3.8, 4) is 6.07 Å². The Morgan fingerprint density at radius 1 is 1.50 bits per heavy atom. The molecule has 1 rings (SSSR count). The molecule has 5 heteroatoms. The van der Waals surface area contributed by atoms with E-state index < -0.39 is 0 Å². The summed E-state index contributed by atoms with van der Waals surface area (Å²) in [6, 6.07) is 2.03. The number of rotatable bonds is 3. The van der Waals surface area contributed by atoms with Crippen LogP contribution in [0.3, 0.4) is 0 Å². The fourth-order valence-electron chi connectivity index (χ4n) is 1.01. The summed E-state index contributed by atoms with van der Waals surface area (Å²) >= 11 is 0. The summed E-state index contributed by atoms with van der Waals surface area (Å²) in [6.45, 7) is 4.00. The van der Waals surface area contributed by atoms with Gasteiger partial charge in [-0.2, -0.15) is 5.26 Å². The van der Waals surface area contributed by atoms with E-state index in [0.717, 1.165) is 0 Å². The van der Waals surface area contributed by atoms with E-state index >= 15 is 0 Å². The average Bonchev–Trinajstić information content (AvgIpc) is 2.25. The number of nitrogens with zero attached hydrogens (tertiary/aromatic N) is 5. The second-order valence-electron chi connectivity index (χ2n) is 3.94. The summed E-state index contributed by atoms with van der Waals surface area (Å²) in [6.07, 6.45) is 3.14. The van der Waals surface area contributed by atoms with Crippen molar-refractivity contribution in [2.45, 2.75) is 19.8 Å². The van der Waals surface area contributed by atoms with Crippen LogP contribution in [0.1, 0.15) is 31.2 Å². The van der Waals surface area contributed by atoms with Crippen molar-refractivity contribution in [3.05, 3.63) is 17.6 Å². The summed E-state index contributed by atoms with van der Waals surface area (Å²) < 4.78 is 0. The number of aliphatic imine (C=N–C) groups is 1. The van der Waals surface area contributed by atoms with Crippen LogP contribution < -0.4 is 0 Å². The van der Waals surface area contributed by atoms with Crippen LogP contribution in [0.15, 0.2) is 11.2 Å². The standard InChI is InChI=1S/C11H15N5/c1-8(2)10-13-6-9(5-12)11(15-10)14-7-16(3)4/h6-8H,1-4H3. The molecule has 0 radical (unpaired) electrons. The third-order valence-electron chi connectivity index (χ3n) is 1.84. The van der Waals surface area contributed by atoms with Crippen LogP contribution in [0.4, 0.5) is 5.82 Å². The lowest BCUT2D eigenvalue weighted by Gasteiger charge is -2.06. The molecule has 1 aromatic heterocycles. The molecule has 0 bridgehead atoms. The van der Waals surface area contributed by atoms with Gasteiger partial charge in [0.05, 0.1) is 12.5 Å². The van der Waals surface area contributed by atoms with Crippen molar-refractivity contribution in [2.75, 3.05) is 14.1 Å². The first-order valence-corrected chi connectivity index (χ1v) is 5.02. The smallest absolute Gasteiger partial charge is 0.175 e. The van der Waals surface area contributed by atoms with Crippen LogP contribution in [0.2, 0.25) is 0 Å². The van der Waals surface area contributed by atoms with Crippen LogP contribution in [0.5, 0.6) is 0 Å². The molecule has 0 aliphatic carbocycles. The minimum atomic E-state index is 0.223. The van der Waals surface area contributed by atoms with Gasteiger partial charge >= 0.3 is 0 Å². The first-order valence-electron chi connectivity index (χ1n) is 5.02. The lowest BCUT2D eigenvalue weighted by Crippen LogP contribution is -2.07. The highest BCUT2D eigenvalue weighted by molar-refractivity contribution is 5.61. The lowest BCUT2D eigenvalue weighted by molar-refractivity contribution is 0.642. The minimum Gasteiger partial charge on any atom is -0.369 e. The predicted octanol–water partition coefficient (Wildman–Crippen LogP) is 1.69. The van der Waals surface area contributed by atoms with Crippen LogP contribution in [0, 0.1) is 11.3 Å². The minimum absolute atomic E-state index is 0.223. The van der Waals surface area contributed by atoms with Crippen molar-refractivity contribution in [1.82, 2.24) is 14.9 Å². The van der Waals surface area contributed by atoms with Gasteiger partial charge < -0.3 is 4.90 Å². The highest BCUT2D eigenvalue weighted by atomic mass is 15.1. The predicted molar refractivity (Wildman–Crippen MR) is 62.7 cm³/mol. The van der Waals surface area contributed by atoms with Crippen molar-refractivity contribution in [2.24, 2.45) is 4.99 Å². The summed E-state index contributed by atoms with van der Waals surface area (Å²) in [4.78, 5) is 14.3. The largest absolute Gasteiger partial charge is 0.369 e. The quantitative estimate of drug-likeness (QED) is 0.571. The fraction of sp³-hybridized carbons (Fsp3) is 0.455. The molecular formula is C11H15N5. The Hall–Kier alpha value is -1.96. The van der Waals surface area contributed by atoms with Gasteiger partial charge in [-0.15, -0.1) is 0 Å². The van der Waals surface area contributed by atoms with Crippen molar-refractivity contribution in [3.63, 3.8) is 0 Å². The molecule has 0 aliphatic rings. The molecule has 0 aliphatic heterocycles. The maximum absolute atomic E-state index is 8.90. The zero-order valence-electron chi connectivity index (χ0n) is 9.97. The maximum atomic E-state index is 8.90. The van der Waals surface area contributed by atoms with Crippen LogP contribution >= 0.6 is 0 Å². The summed E-state index contributed by atoms with van der Waals surface area (Å²) in [7, 11) is 3.72. The number of nitriles is 1. The van der Waals surface area contributed by atoms with Gasteiger partial charge in [0.15, 0.2) is 5.82 Å². The second kappa shape index (κ2) is 5.21. The van der Waals surface area contributed by atoms with E-state index in [4.69, 9.17) is 5.26 Å². The molecular weight excluding hydrogens is 202 g/mol. The summed E-state index contributed by atoms with van der Waals surface area (Å²) in [5.41, 5.74) is 0.391. The first-order chi connectivity index (χ1) is 7.54. The highest BCUT2D eigenvalue weighted by Crippen LogP contribution is 2.17. The Morgan fingerprint density at radius 2 is 2.19 bits per heavy atom. The Kier molecular flexibility index (Phi) is 3.95. The van der Waals surface area contributed by atoms with E-state index in [1.807, 2.05) is 34.0 Å². The second-order valence-corrected chi connectivity index (χ2v) is 3.94. The number of aromatic nitrogens is 2. The molecule has 0 atom stereocenters. The van der Waals surface area contributed by atoms with Crippen molar-refractivity contribution >= 4 is 12.2 Å². The molecule has 0 saturated heterocycles. The topological polar surface area (TPSA) is 65.2 Å². The van der Waals surface area contributed by atoms with Gasteiger partial charge in [-0.3, -0.25) is 0 Å². The Bertz CT molecular complexity index is 428. The van der Waals surface area contributed by atoms with E-state index in [1.54, 1.807) is 11.2 Å². The van der Waals surface area contributed by atoms with Gasteiger partial charge in [0.2, 0.25) is 0 Å². The first kappa shape index (κ1) is 12.1. The van der Waals surface area contributed by atoms with E-state index in [0.29, 0.717) is 17.2 Å². The molecule has 0 N–H and O–H groups in total. The molecule has 0 aromatic carbocycles. The van der Waals surface area contributed by atoms with Crippen LogP contribution in [-0.2, 0) is 0 Å². The maximum Gasteiger partial charge on any atom is 0.175 e. The zero-order chi connectivity index (χ0) is 12.1. The molecule has 1 aromatic rings. The van der Waals surface area contributed by atoms with Gasteiger partial charge in [0.1, 0.15) is 17.5 Å². The molecule has 0 saturated carbocycles. The van der Waals surface area contributed by atoms with E-state index in [1.165, 1.54) is 6.20 Å². The highest BCUT2D eigenvalue weighted by Gasteiger charge is 2.08. The molecule has 0 unspecified atom stereocenters. The number of hydrogen-bond donors (Lipinski definition) is 0. The van der Waals surface area contributed by atoms with Gasteiger partial charge in [-0.05, 0) is 0 Å². The van der Waals surface area contributed by atoms with Crippen LogP contribution in [-0.4, -0.2) is 35.3 Å². The Morgan fingerprint density at radius 3 is 2.69 bits per heavy atom. The monoisotopic (exact) mass is 217 g/mol. The van der Waals surface area contributed by atoms with Crippen molar-refractivity contribution in [1.29, 1.82) is 5.26 Å². The fourth-order valence-corrected chi connectivity index (χ4v) is 1.01. The normalized spacial score (nSPS) is 10.8. The third-order valence-corrected chi connectivity index (χ3v) is 1.84. The van der Waals surface area contributed by atoms with Gasteiger partial charge in [0, 0.05) is 20.0 Å². The molecule has 84 valence electrons. The molecule has 5 nitrogen and oxygen atoms in total. The molecule has 0 fully saturated rings. The van der Waals surface area contributed by atoms with E-state index in [-0.39, 0.29) is 5.92 Å². The molecule has 0 amide bonds. The summed E-state index contributed by atoms with van der Waals surface area (Å²) in [5.74, 6) is 1.35. The zero-order valence-corrected chi connectivity index (χ0v) is 9.97. The molecule has 1 heterocycles. The lowest BCUT2D eigenvalue weighted by atomic mass is 10.2. The van der Waals surface area contributed by atoms with Crippen LogP contribution in [0.25, 0.3) is 0 Å². The summed E-state index contributed by atoms with van der Waals surface area (Å²) in [5, 5.41) is 8.90. The Labute approximate surface area is 95.5 Å². The third kappa shape index (κ3) is 3.02. The van der Waals surface area contributed by atoms with Gasteiger partial charge in [-0.25, -0.2) is 15.0 Å².